The minimum absolute atomic E-state index is 0. The molecule has 4 N–H and O–H groups in total. The summed E-state index contributed by atoms with van der Waals surface area (Å²) in [6, 6.07) is 3.95. The zero-order chi connectivity index (χ0) is 15.3. The quantitative estimate of drug-likeness (QED) is 0.780. The van der Waals surface area contributed by atoms with E-state index in [-0.39, 0.29) is 29.9 Å². The molecule has 0 aliphatic heterocycles. The van der Waals surface area contributed by atoms with Gasteiger partial charge in [-0.15, -0.1) is 12.4 Å². The maximum absolute atomic E-state index is 13.5. The molecule has 0 aliphatic rings. The molecular formula is C14H21ClFN3O2. The number of nitrogens with two attached hydrogens (primary N) is 1. The summed E-state index contributed by atoms with van der Waals surface area (Å²) in [5.41, 5.74) is 5.32. The zero-order valence-corrected chi connectivity index (χ0v) is 13.1. The fraction of sp³-hybridized carbons (Fsp3) is 0.429. The number of hydrogen-bond donors (Lipinski definition) is 3. The Kier molecular flexibility index (Phi) is 7.32. The molecule has 1 aromatic rings. The number of nitrogens with one attached hydrogen (secondary N) is 2. The minimum Gasteiger partial charge on any atom is -0.324 e. The van der Waals surface area contributed by atoms with Crippen LogP contribution in [0.5, 0.6) is 0 Å². The van der Waals surface area contributed by atoms with Crippen LogP contribution < -0.4 is 16.4 Å². The van der Waals surface area contributed by atoms with Crippen molar-refractivity contribution < 1.29 is 14.0 Å². The van der Waals surface area contributed by atoms with E-state index in [2.05, 4.69) is 10.6 Å². The Hall–Kier alpha value is -1.66. The molecule has 21 heavy (non-hydrogen) atoms. The number of halogens is 2. The van der Waals surface area contributed by atoms with Crippen LogP contribution >= 0.6 is 12.4 Å². The number of benzene rings is 1. The molecule has 5 nitrogen and oxygen atoms in total. The predicted octanol–water partition coefficient (Wildman–Crippen LogP) is 2.66. The van der Waals surface area contributed by atoms with Crippen LogP contribution in [0.3, 0.4) is 0 Å². The highest BCUT2D eigenvalue weighted by Gasteiger charge is 2.27. The van der Waals surface area contributed by atoms with E-state index in [1.54, 1.807) is 6.92 Å². The summed E-state index contributed by atoms with van der Waals surface area (Å²) in [6.07, 6.45) is 1.32. The number of carbonyl (C=O) groups is 2. The largest absolute Gasteiger partial charge is 0.324 e. The lowest BCUT2D eigenvalue weighted by molar-refractivity contribution is -0.120. The molecule has 0 fully saturated rings. The normalized spacial score (nSPS) is 12.8. The van der Waals surface area contributed by atoms with Gasteiger partial charge in [0.1, 0.15) is 5.82 Å². The highest BCUT2D eigenvalue weighted by atomic mass is 35.5. The highest BCUT2D eigenvalue weighted by molar-refractivity contribution is 5.98. The topological polar surface area (TPSA) is 84.2 Å². The van der Waals surface area contributed by atoms with Gasteiger partial charge >= 0.3 is 0 Å². The van der Waals surface area contributed by atoms with Crippen molar-refractivity contribution in [1.82, 2.24) is 0 Å². The summed E-state index contributed by atoms with van der Waals surface area (Å²) in [4.78, 5) is 23.0. The lowest BCUT2D eigenvalue weighted by Crippen LogP contribution is -2.48. The first-order chi connectivity index (χ1) is 9.26. The van der Waals surface area contributed by atoms with Gasteiger partial charge in [-0.25, -0.2) is 4.39 Å². The summed E-state index contributed by atoms with van der Waals surface area (Å²) in [5, 5.41) is 4.98. The van der Waals surface area contributed by atoms with Crippen molar-refractivity contribution in [2.45, 2.75) is 39.2 Å². The molecule has 0 heterocycles. The van der Waals surface area contributed by atoms with Crippen LogP contribution in [0, 0.1) is 5.82 Å². The first kappa shape index (κ1) is 19.3. The van der Waals surface area contributed by atoms with Crippen molar-refractivity contribution in [3.8, 4) is 0 Å². The zero-order valence-electron chi connectivity index (χ0n) is 12.3. The standard InChI is InChI=1S/C14H20FN3O2.ClH/c1-4-7-14(3,16)13(20)18-10-5-6-11(15)12(8-10)17-9(2)19;/h5-6,8H,4,7,16H2,1-3H3,(H,17,19)(H,18,20);1H. The first-order valence-electron chi connectivity index (χ1n) is 6.43. The van der Waals surface area contributed by atoms with E-state index < -0.39 is 11.4 Å². The Morgan fingerprint density at radius 1 is 1.33 bits per heavy atom. The second kappa shape index (κ2) is 7.95. The summed E-state index contributed by atoms with van der Waals surface area (Å²) in [5.74, 6) is -1.30. The van der Waals surface area contributed by atoms with Gasteiger partial charge in [0.2, 0.25) is 11.8 Å². The Morgan fingerprint density at radius 3 is 2.48 bits per heavy atom. The summed E-state index contributed by atoms with van der Waals surface area (Å²) in [7, 11) is 0. The lowest BCUT2D eigenvalue weighted by atomic mass is 9.96. The number of hydrogen-bond acceptors (Lipinski definition) is 3. The molecule has 1 rings (SSSR count). The third-order valence-corrected chi connectivity index (χ3v) is 2.82. The van der Waals surface area contributed by atoms with Gasteiger partial charge in [0, 0.05) is 12.6 Å². The molecular weight excluding hydrogens is 297 g/mol. The molecule has 0 aliphatic carbocycles. The molecule has 0 aromatic heterocycles. The lowest BCUT2D eigenvalue weighted by Gasteiger charge is -2.23. The van der Waals surface area contributed by atoms with Gasteiger partial charge in [0.25, 0.3) is 0 Å². The fourth-order valence-corrected chi connectivity index (χ4v) is 1.80. The molecule has 0 saturated heterocycles. The van der Waals surface area contributed by atoms with Gasteiger partial charge in [-0.3, -0.25) is 9.59 Å². The second-order valence-electron chi connectivity index (χ2n) is 5.00. The van der Waals surface area contributed by atoms with Crippen LogP contribution in [0.25, 0.3) is 0 Å². The van der Waals surface area contributed by atoms with Crippen molar-refractivity contribution in [2.24, 2.45) is 5.73 Å². The van der Waals surface area contributed by atoms with E-state index in [0.717, 1.165) is 6.42 Å². The molecule has 0 spiro atoms. The average Bonchev–Trinajstić information content (AvgIpc) is 2.32. The second-order valence-corrected chi connectivity index (χ2v) is 5.00. The third-order valence-electron chi connectivity index (χ3n) is 2.82. The minimum atomic E-state index is -0.989. The fourth-order valence-electron chi connectivity index (χ4n) is 1.80. The van der Waals surface area contributed by atoms with Gasteiger partial charge in [-0.05, 0) is 31.5 Å². The van der Waals surface area contributed by atoms with Crippen LogP contribution in [0.4, 0.5) is 15.8 Å². The molecule has 7 heteroatoms. The van der Waals surface area contributed by atoms with Gasteiger partial charge < -0.3 is 16.4 Å². The van der Waals surface area contributed by atoms with Crippen LogP contribution in [-0.2, 0) is 9.59 Å². The van der Waals surface area contributed by atoms with E-state index in [4.69, 9.17) is 5.73 Å². The van der Waals surface area contributed by atoms with E-state index in [1.165, 1.54) is 25.1 Å². The first-order valence-corrected chi connectivity index (χ1v) is 6.43. The Bertz CT molecular complexity index is 521. The van der Waals surface area contributed by atoms with Crippen molar-refractivity contribution >= 4 is 35.6 Å². The van der Waals surface area contributed by atoms with Crippen LogP contribution in [-0.4, -0.2) is 17.4 Å². The van der Waals surface area contributed by atoms with Crippen LogP contribution in [0.2, 0.25) is 0 Å². The van der Waals surface area contributed by atoms with Crippen molar-refractivity contribution in [3.05, 3.63) is 24.0 Å². The Balaban J connectivity index is 0.00000400. The molecule has 0 saturated carbocycles. The molecule has 0 bridgehead atoms. The van der Waals surface area contributed by atoms with Crippen LogP contribution in [0.1, 0.15) is 33.6 Å². The number of rotatable bonds is 5. The summed E-state index contributed by atoms with van der Waals surface area (Å²) in [6.45, 7) is 4.86. The SMILES string of the molecule is CCCC(C)(N)C(=O)Nc1ccc(F)c(NC(C)=O)c1.Cl. The third kappa shape index (κ3) is 5.69. The maximum atomic E-state index is 13.5. The van der Waals surface area contributed by atoms with Gasteiger partial charge in [0.05, 0.1) is 11.2 Å². The van der Waals surface area contributed by atoms with Crippen molar-refractivity contribution in [1.29, 1.82) is 0 Å². The van der Waals surface area contributed by atoms with E-state index in [9.17, 15) is 14.0 Å². The predicted molar refractivity (Wildman–Crippen MR) is 84.1 cm³/mol. The maximum Gasteiger partial charge on any atom is 0.244 e. The van der Waals surface area contributed by atoms with Gasteiger partial charge in [-0.2, -0.15) is 0 Å². The Morgan fingerprint density at radius 2 is 1.95 bits per heavy atom. The molecule has 0 radical (unpaired) electrons. The van der Waals surface area contributed by atoms with Gasteiger partial charge in [0.15, 0.2) is 0 Å². The average molecular weight is 318 g/mol. The van der Waals surface area contributed by atoms with Crippen LogP contribution in [0.15, 0.2) is 18.2 Å². The number of carbonyl (C=O) groups excluding carboxylic acids is 2. The Labute approximate surface area is 129 Å². The smallest absolute Gasteiger partial charge is 0.244 e. The van der Waals surface area contributed by atoms with Gasteiger partial charge in [-0.1, -0.05) is 13.3 Å². The monoisotopic (exact) mass is 317 g/mol. The summed E-state index contributed by atoms with van der Waals surface area (Å²) >= 11 is 0. The number of amides is 2. The molecule has 2 amide bonds. The molecule has 1 unspecified atom stereocenters. The molecule has 118 valence electrons. The number of anilines is 2. The van der Waals surface area contributed by atoms with Crippen molar-refractivity contribution in [2.75, 3.05) is 10.6 Å². The van der Waals surface area contributed by atoms with E-state index >= 15 is 0 Å². The van der Waals surface area contributed by atoms with Crippen molar-refractivity contribution in [3.63, 3.8) is 0 Å². The highest BCUT2D eigenvalue weighted by Crippen LogP contribution is 2.21. The molecule has 1 atom stereocenters. The summed E-state index contributed by atoms with van der Waals surface area (Å²) < 4.78 is 13.5. The van der Waals surface area contributed by atoms with E-state index in [0.29, 0.717) is 12.1 Å². The molecule has 1 aromatic carbocycles. The van der Waals surface area contributed by atoms with E-state index in [1.807, 2.05) is 6.92 Å².